The number of nitriles is 1. The highest BCUT2D eigenvalue weighted by atomic mass is 19.1. The monoisotopic (exact) mass is 432 g/mol. The van der Waals surface area contributed by atoms with Crippen molar-refractivity contribution in [3.63, 3.8) is 0 Å². The van der Waals surface area contributed by atoms with Gasteiger partial charge in [0.2, 0.25) is 0 Å². The van der Waals surface area contributed by atoms with Crippen LogP contribution in [0.4, 0.5) is 4.39 Å². The number of hydrogen-bond acceptors (Lipinski definition) is 3. The summed E-state index contributed by atoms with van der Waals surface area (Å²) in [6.07, 6.45) is 0.915. The molecule has 5 heteroatoms. The molecule has 5 aromatic rings. The van der Waals surface area contributed by atoms with Crippen molar-refractivity contribution in [3.05, 3.63) is 102 Å². The molecule has 0 atom stereocenters. The third-order valence-corrected chi connectivity index (χ3v) is 5.88. The first kappa shape index (κ1) is 20.6. The first-order valence-corrected chi connectivity index (χ1v) is 10.9. The van der Waals surface area contributed by atoms with Crippen LogP contribution in [0.5, 0.6) is 0 Å². The molecule has 4 nitrogen and oxygen atoms in total. The summed E-state index contributed by atoms with van der Waals surface area (Å²) in [6.45, 7) is 3.96. The highest BCUT2D eigenvalue weighted by molar-refractivity contribution is 6.01. The van der Waals surface area contributed by atoms with Gasteiger partial charge in [-0.25, -0.2) is 14.1 Å². The summed E-state index contributed by atoms with van der Waals surface area (Å²) in [5.74, 6) is -0.388. The summed E-state index contributed by atoms with van der Waals surface area (Å²) in [5, 5.41) is 15.7. The molecule has 0 aliphatic rings. The van der Waals surface area contributed by atoms with Crippen LogP contribution in [-0.2, 0) is 6.42 Å². The summed E-state index contributed by atoms with van der Waals surface area (Å²) in [7, 11) is 0. The molecular formula is C28H21FN4. The van der Waals surface area contributed by atoms with E-state index in [0.717, 1.165) is 17.7 Å². The van der Waals surface area contributed by atoms with Crippen LogP contribution in [0.3, 0.4) is 0 Å². The van der Waals surface area contributed by atoms with Crippen LogP contribution in [0.1, 0.15) is 23.7 Å². The van der Waals surface area contributed by atoms with E-state index in [4.69, 9.17) is 10.1 Å². The quantitative estimate of drug-likeness (QED) is 0.320. The van der Waals surface area contributed by atoms with Gasteiger partial charge in [0, 0.05) is 16.7 Å². The van der Waals surface area contributed by atoms with Crippen LogP contribution in [0.2, 0.25) is 0 Å². The number of hydrogen-bond donors (Lipinski definition) is 0. The summed E-state index contributed by atoms with van der Waals surface area (Å²) >= 11 is 0. The number of nitrogens with zero attached hydrogens (tertiary/aromatic N) is 4. The SMILES string of the molecule is CCc1ccc(-c2nc3c(c(C)nn3-c3ccccc3)c(-c3ccccc3F)c2C#N)cc1. The Morgan fingerprint density at radius 2 is 1.64 bits per heavy atom. The molecule has 0 saturated heterocycles. The normalized spacial score (nSPS) is 11.0. The van der Waals surface area contributed by atoms with Crippen LogP contribution >= 0.6 is 0 Å². The fraction of sp³-hybridized carbons (Fsp3) is 0.107. The smallest absolute Gasteiger partial charge is 0.164 e. The average Bonchev–Trinajstić information content (AvgIpc) is 3.20. The average molecular weight is 433 g/mol. The number of fused-ring (bicyclic) bond motifs is 1. The molecule has 0 bridgehead atoms. The molecule has 33 heavy (non-hydrogen) atoms. The molecule has 0 amide bonds. The van der Waals surface area contributed by atoms with Crippen molar-refractivity contribution in [3.8, 4) is 34.1 Å². The largest absolute Gasteiger partial charge is 0.226 e. The Morgan fingerprint density at radius 1 is 0.939 bits per heavy atom. The van der Waals surface area contributed by atoms with Crippen molar-refractivity contribution in [1.29, 1.82) is 5.26 Å². The molecular weight excluding hydrogens is 411 g/mol. The lowest BCUT2D eigenvalue weighted by molar-refractivity contribution is 0.631. The maximum Gasteiger partial charge on any atom is 0.164 e. The van der Waals surface area contributed by atoms with Gasteiger partial charge in [0.25, 0.3) is 0 Å². The molecule has 0 N–H and O–H groups in total. The van der Waals surface area contributed by atoms with E-state index in [2.05, 4.69) is 13.0 Å². The third-order valence-electron chi connectivity index (χ3n) is 5.88. The molecule has 0 fully saturated rings. The Kier molecular flexibility index (Phi) is 5.20. The van der Waals surface area contributed by atoms with Gasteiger partial charge in [0.1, 0.15) is 11.9 Å². The van der Waals surface area contributed by atoms with E-state index in [0.29, 0.717) is 39.1 Å². The highest BCUT2D eigenvalue weighted by Gasteiger charge is 2.24. The van der Waals surface area contributed by atoms with E-state index in [1.807, 2.05) is 61.5 Å². The van der Waals surface area contributed by atoms with Crippen LogP contribution in [-0.4, -0.2) is 14.8 Å². The van der Waals surface area contributed by atoms with Crippen molar-refractivity contribution < 1.29 is 4.39 Å². The van der Waals surface area contributed by atoms with Gasteiger partial charge in [-0.3, -0.25) is 0 Å². The minimum atomic E-state index is -0.388. The van der Waals surface area contributed by atoms with Gasteiger partial charge in [-0.2, -0.15) is 10.4 Å². The second kappa shape index (κ2) is 8.33. The molecule has 0 saturated carbocycles. The molecule has 2 aromatic heterocycles. The Morgan fingerprint density at radius 3 is 2.30 bits per heavy atom. The van der Waals surface area contributed by atoms with E-state index >= 15 is 4.39 Å². The molecule has 0 unspecified atom stereocenters. The Balaban J connectivity index is 1.93. The van der Waals surface area contributed by atoms with E-state index in [1.165, 1.54) is 11.6 Å². The molecule has 3 aromatic carbocycles. The lowest BCUT2D eigenvalue weighted by Crippen LogP contribution is -2.01. The second-order valence-corrected chi connectivity index (χ2v) is 7.88. The van der Waals surface area contributed by atoms with Crippen LogP contribution < -0.4 is 0 Å². The minimum Gasteiger partial charge on any atom is -0.226 e. The Labute approximate surface area is 191 Å². The minimum absolute atomic E-state index is 0.340. The van der Waals surface area contributed by atoms with Gasteiger partial charge < -0.3 is 0 Å². The summed E-state index contributed by atoms with van der Waals surface area (Å²) in [4.78, 5) is 4.94. The Bertz CT molecular complexity index is 1510. The number of para-hydroxylation sites is 1. The van der Waals surface area contributed by atoms with Crippen LogP contribution in [0.15, 0.2) is 78.9 Å². The maximum absolute atomic E-state index is 15.1. The molecule has 2 heterocycles. The van der Waals surface area contributed by atoms with Crippen molar-refractivity contribution in [2.24, 2.45) is 0 Å². The van der Waals surface area contributed by atoms with E-state index < -0.39 is 0 Å². The molecule has 5 rings (SSSR count). The summed E-state index contributed by atoms with van der Waals surface area (Å²) in [5.41, 5.74) is 5.86. The van der Waals surface area contributed by atoms with Crippen molar-refractivity contribution in [2.45, 2.75) is 20.3 Å². The van der Waals surface area contributed by atoms with Gasteiger partial charge in [-0.05, 0) is 37.1 Å². The standard InChI is InChI=1S/C28H21FN4/c1-3-19-13-15-20(16-14-19)27-23(17-30)26(22-11-7-8-12-24(22)29)25-18(2)32-33(28(25)31-27)21-9-5-4-6-10-21/h4-16H,3H2,1-2H3. The number of rotatable bonds is 4. The first-order valence-electron chi connectivity index (χ1n) is 10.9. The molecule has 0 aliphatic carbocycles. The summed E-state index contributed by atoms with van der Waals surface area (Å²) in [6, 6.07) is 26.6. The molecule has 0 radical (unpaired) electrons. The number of pyridine rings is 1. The lowest BCUT2D eigenvalue weighted by Gasteiger charge is -2.13. The van der Waals surface area contributed by atoms with Crippen molar-refractivity contribution >= 4 is 11.0 Å². The predicted octanol–water partition coefficient (Wildman–Crippen LogP) is 6.64. The highest BCUT2D eigenvalue weighted by Crippen LogP contribution is 2.39. The zero-order valence-electron chi connectivity index (χ0n) is 18.4. The van der Waals surface area contributed by atoms with Crippen molar-refractivity contribution in [2.75, 3.05) is 0 Å². The van der Waals surface area contributed by atoms with E-state index in [1.54, 1.807) is 22.9 Å². The van der Waals surface area contributed by atoms with Gasteiger partial charge in [0.05, 0.1) is 28.0 Å². The first-order chi connectivity index (χ1) is 16.1. The number of halogens is 1. The van der Waals surface area contributed by atoms with Crippen LogP contribution in [0, 0.1) is 24.1 Å². The zero-order chi connectivity index (χ0) is 22.9. The zero-order valence-corrected chi connectivity index (χ0v) is 18.4. The summed E-state index contributed by atoms with van der Waals surface area (Å²) < 4.78 is 16.8. The van der Waals surface area contributed by atoms with Gasteiger partial charge >= 0.3 is 0 Å². The topological polar surface area (TPSA) is 54.5 Å². The molecule has 0 spiro atoms. The molecule has 0 aliphatic heterocycles. The fourth-order valence-corrected chi connectivity index (χ4v) is 4.21. The lowest BCUT2D eigenvalue weighted by atomic mass is 9.92. The fourth-order valence-electron chi connectivity index (χ4n) is 4.21. The van der Waals surface area contributed by atoms with Crippen LogP contribution in [0.25, 0.3) is 39.1 Å². The van der Waals surface area contributed by atoms with Gasteiger partial charge in [0.15, 0.2) is 5.65 Å². The van der Waals surface area contributed by atoms with E-state index in [9.17, 15) is 5.26 Å². The third kappa shape index (κ3) is 3.46. The Hall–Kier alpha value is -4.30. The second-order valence-electron chi connectivity index (χ2n) is 7.88. The molecule has 160 valence electrons. The van der Waals surface area contributed by atoms with Gasteiger partial charge in [-0.15, -0.1) is 0 Å². The maximum atomic E-state index is 15.1. The van der Waals surface area contributed by atoms with E-state index in [-0.39, 0.29) is 5.82 Å². The number of benzene rings is 3. The van der Waals surface area contributed by atoms with Crippen molar-refractivity contribution in [1.82, 2.24) is 14.8 Å². The predicted molar refractivity (Wildman–Crippen MR) is 129 cm³/mol. The number of aryl methyl sites for hydroxylation is 2. The van der Waals surface area contributed by atoms with Gasteiger partial charge in [-0.1, -0.05) is 67.6 Å². The number of aromatic nitrogens is 3.